The monoisotopic (exact) mass is 368 g/mol. The SMILES string of the molecule is O=C(NCCn1ncc2c(NCc3ccco3)ncnc21)c1cccs1. The molecule has 0 aromatic carbocycles. The molecular formula is C17H16N6O2S. The average molecular weight is 368 g/mol. The molecule has 4 aromatic heterocycles. The van der Waals surface area contributed by atoms with E-state index in [1.54, 1.807) is 23.2 Å². The van der Waals surface area contributed by atoms with Gasteiger partial charge in [0.25, 0.3) is 5.91 Å². The number of amides is 1. The Hall–Kier alpha value is -3.20. The lowest BCUT2D eigenvalue weighted by Crippen LogP contribution is -2.26. The van der Waals surface area contributed by atoms with Crippen molar-refractivity contribution in [3.63, 3.8) is 0 Å². The number of rotatable bonds is 7. The molecular weight excluding hydrogens is 352 g/mol. The van der Waals surface area contributed by atoms with Gasteiger partial charge in [-0.1, -0.05) is 6.07 Å². The van der Waals surface area contributed by atoms with Crippen molar-refractivity contribution in [1.82, 2.24) is 25.1 Å². The fourth-order valence-electron chi connectivity index (χ4n) is 2.55. The summed E-state index contributed by atoms with van der Waals surface area (Å²) >= 11 is 1.42. The third kappa shape index (κ3) is 3.42. The smallest absolute Gasteiger partial charge is 0.261 e. The van der Waals surface area contributed by atoms with Crippen LogP contribution >= 0.6 is 11.3 Å². The molecule has 0 aliphatic heterocycles. The fraction of sp³-hybridized carbons (Fsp3) is 0.176. The summed E-state index contributed by atoms with van der Waals surface area (Å²) in [6, 6.07) is 7.39. The number of fused-ring (bicyclic) bond motifs is 1. The molecule has 0 atom stereocenters. The molecule has 9 heteroatoms. The number of nitrogens with zero attached hydrogens (tertiary/aromatic N) is 4. The van der Waals surface area contributed by atoms with Gasteiger partial charge in [0.15, 0.2) is 5.65 Å². The highest BCUT2D eigenvalue weighted by molar-refractivity contribution is 7.12. The predicted molar refractivity (Wildman–Crippen MR) is 98.0 cm³/mol. The number of anilines is 1. The summed E-state index contributed by atoms with van der Waals surface area (Å²) < 4.78 is 7.07. The third-order valence-electron chi connectivity index (χ3n) is 3.80. The predicted octanol–water partition coefficient (Wildman–Crippen LogP) is 2.52. The molecule has 4 heterocycles. The molecule has 132 valence electrons. The van der Waals surface area contributed by atoms with E-state index in [1.807, 2.05) is 23.6 Å². The average Bonchev–Trinajstić information content (AvgIpc) is 3.41. The number of nitrogens with one attached hydrogen (secondary N) is 2. The van der Waals surface area contributed by atoms with Gasteiger partial charge in [0, 0.05) is 6.54 Å². The number of aromatic nitrogens is 4. The molecule has 0 unspecified atom stereocenters. The molecule has 1 amide bonds. The zero-order chi connectivity index (χ0) is 17.8. The molecule has 0 radical (unpaired) electrons. The lowest BCUT2D eigenvalue weighted by atomic mass is 10.3. The van der Waals surface area contributed by atoms with Gasteiger partial charge in [-0.25, -0.2) is 14.6 Å². The molecule has 4 rings (SSSR count). The number of hydrogen-bond donors (Lipinski definition) is 2. The van der Waals surface area contributed by atoms with E-state index >= 15 is 0 Å². The molecule has 0 saturated carbocycles. The second kappa shape index (κ2) is 7.36. The normalized spacial score (nSPS) is 10.9. The van der Waals surface area contributed by atoms with Crippen LogP contribution in [0.25, 0.3) is 11.0 Å². The van der Waals surface area contributed by atoms with Crippen molar-refractivity contribution in [2.24, 2.45) is 0 Å². The van der Waals surface area contributed by atoms with Crippen LogP contribution in [0.1, 0.15) is 15.4 Å². The summed E-state index contributed by atoms with van der Waals surface area (Å²) in [5, 5.41) is 13.2. The van der Waals surface area contributed by atoms with Gasteiger partial charge >= 0.3 is 0 Å². The van der Waals surface area contributed by atoms with Crippen molar-refractivity contribution in [2.45, 2.75) is 13.1 Å². The van der Waals surface area contributed by atoms with Crippen molar-refractivity contribution in [3.05, 3.63) is 59.1 Å². The van der Waals surface area contributed by atoms with Crippen LogP contribution < -0.4 is 10.6 Å². The number of carbonyl (C=O) groups is 1. The molecule has 0 saturated heterocycles. The summed E-state index contributed by atoms with van der Waals surface area (Å²) in [4.78, 5) is 21.3. The van der Waals surface area contributed by atoms with Crippen LogP contribution in [0.5, 0.6) is 0 Å². The minimum absolute atomic E-state index is 0.0770. The highest BCUT2D eigenvalue weighted by Gasteiger charge is 2.11. The van der Waals surface area contributed by atoms with Gasteiger partial charge in [0.2, 0.25) is 0 Å². The summed E-state index contributed by atoms with van der Waals surface area (Å²) in [5.41, 5.74) is 0.715. The molecule has 4 aromatic rings. The Morgan fingerprint density at radius 2 is 2.23 bits per heavy atom. The summed E-state index contributed by atoms with van der Waals surface area (Å²) in [5.74, 6) is 1.44. The maximum atomic E-state index is 12.0. The van der Waals surface area contributed by atoms with Gasteiger partial charge in [-0.2, -0.15) is 5.10 Å². The van der Waals surface area contributed by atoms with Crippen LogP contribution in [0.4, 0.5) is 5.82 Å². The van der Waals surface area contributed by atoms with Crippen molar-refractivity contribution >= 4 is 34.1 Å². The van der Waals surface area contributed by atoms with Crippen molar-refractivity contribution in [3.8, 4) is 0 Å². The van der Waals surface area contributed by atoms with E-state index < -0.39 is 0 Å². The molecule has 0 aliphatic rings. The van der Waals surface area contributed by atoms with E-state index in [9.17, 15) is 4.79 Å². The highest BCUT2D eigenvalue weighted by atomic mass is 32.1. The Bertz CT molecular complexity index is 994. The van der Waals surface area contributed by atoms with E-state index in [0.29, 0.717) is 36.0 Å². The van der Waals surface area contributed by atoms with Crippen LogP contribution in [0.15, 0.2) is 52.9 Å². The number of furan rings is 1. The van der Waals surface area contributed by atoms with E-state index in [2.05, 4.69) is 25.7 Å². The Balaban J connectivity index is 1.42. The van der Waals surface area contributed by atoms with Gasteiger partial charge in [-0.3, -0.25) is 4.79 Å². The van der Waals surface area contributed by atoms with Crippen LogP contribution in [-0.4, -0.2) is 32.2 Å². The molecule has 0 fully saturated rings. The van der Waals surface area contributed by atoms with Crippen LogP contribution in [0.2, 0.25) is 0 Å². The number of thiophene rings is 1. The largest absolute Gasteiger partial charge is 0.467 e. The lowest BCUT2D eigenvalue weighted by Gasteiger charge is -2.06. The number of carbonyl (C=O) groups excluding carboxylic acids is 1. The quantitative estimate of drug-likeness (QED) is 0.520. The Morgan fingerprint density at radius 1 is 1.27 bits per heavy atom. The van der Waals surface area contributed by atoms with Crippen molar-refractivity contribution in [1.29, 1.82) is 0 Å². The molecule has 0 aliphatic carbocycles. The maximum Gasteiger partial charge on any atom is 0.261 e. The van der Waals surface area contributed by atoms with Crippen LogP contribution in [0, 0.1) is 0 Å². The first-order chi connectivity index (χ1) is 12.8. The fourth-order valence-corrected chi connectivity index (χ4v) is 3.19. The second-order valence-corrected chi connectivity index (χ2v) is 6.44. The summed E-state index contributed by atoms with van der Waals surface area (Å²) in [6.45, 7) is 1.52. The molecule has 0 bridgehead atoms. The van der Waals surface area contributed by atoms with Gasteiger partial charge < -0.3 is 15.1 Å². The minimum atomic E-state index is -0.0770. The Kier molecular flexibility index (Phi) is 4.61. The molecule has 8 nitrogen and oxygen atoms in total. The Morgan fingerprint density at radius 3 is 3.04 bits per heavy atom. The van der Waals surface area contributed by atoms with Gasteiger partial charge in [0.05, 0.1) is 35.8 Å². The van der Waals surface area contributed by atoms with Crippen molar-refractivity contribution in [2.75, 3.05) is 11.9 Å². The third-order valence-corrected chi connectivity index (χ3v) is 4.67. The molecule has 26 heavy (non-hydrogen) atoms. The first-order valence-electron chi connectivity index (χ1n) is 8.06. The van der Waals surface area contributed by atoms with Crippen molar-refractivity contribution < 1.29 is 9.21 Å². The summed E-state index contributed by atoms with van der Waals surface area (Å²) in [7, 11) is 0. The molecule has 0 spiro atoms. The minimum Gasteiger partial charge on any atom is -0.467 e. The number of hydrogen-bond acceptors (Lipinski definition) is 7. The standard InChI is InChI=1S/C17H16N6O2S/c24-17(14-4-2-8-26-14)18-5-6-23-16-13(10-22-23)15(20-11-21-16)19-9-12-3-1-7-25-12/h1-4,7-8,10-11H,5-6,9H2,(H,18,24)(H,19,20,21). The van der Waals surface area contributed by atoms with Gasteiger partial charge in [-0.05, 0) is 23.6 Å². The zero-order valence-electron chi connectivity index (χ0n) is 13.8. The Labute approximate surface area is 152 Å². The van der Waals surface area contributed by atoms with E-state index in [-0.39, 0.29) is 5.91 Å². The first kappa shape index (κ1) is 16.3. The zero-order valence-corrected chi connectivity index (χ0v) is 14.6. The topological polar surface area (TPSA) is 97.9 Å². The maximum absolute atomic E-state index is 12.0. The highest BCUT2D eigenvalue weighted by Crippen LogP contribution is 2.19. The second-order valence-electron chi connectivity index (χ2n) is 5.49. The summed E-state index contributed by atoms with van der Waals surface area (Å²) in [6.07, 6.45) is 4.85. The van der Waals surface area contributed by atoms with E-state index in [1.165, 1.54) is 17.7 Å². The molecule has 2 N–H and O–H groups in total. The van der Waals surface area contributed by atoms with Crippen LogP contribution in [-0.2, 0) is 13.1 Å². The van der Waals surface area contributed by atoms with E-state index in [0.717, 1.165) is 11.1 Å². The van der Waals surface area contributed by atoms with Crippen LogP contribution in [0.3, 0.4) is 0 Å². The van der Waals surface area contributed by atoms with Gasteiger partial charge in [0.1, 0.15) is 17.9 Å². The first-order valence-corrected chi connectivity index (χ1v) is 8.94. The lowest BCUT2D eigenvalue weighted by molar-refractivity contribution is 0.0956. The van der Waals surface area contributed by atoms with E-state index in [4.69, 9.17) is 4.42 Å². The van der Waals surface area contributed by atoms with Gasteiger partial charge in [-0.15, -0.1) is 11.3 Å².